The molecule has 0 amide bonds. The highest BCUT2D eigenvalue weighted by molar-refractivity contribution is 9.10. The zero-order chi connectivity index (χ0) is 19.1. The molecule has 0 radical (unpaired) electrons. The van der Waals surface area contributed by atoms with Crippen molar-refractivity contribution in [2.24, 2.45) is 0 Å². The van der Waals surface area contributed by atoms with Crippen LogP contribution in [0, 0.1) is 6.92 Å². The van der Waals surface area contributed by atoms with E-state index in [1.54, 1.807) is 30.3 Å². The lowest BCUT2D eigenvalue weighted by Gasteiger charge is -2.07. The van der Waals surface area contributed by atoms with E-state index in [1.807, 2.05) is 19.1 Å². The van der Waals surface area contributed by atoms with Gasteiger partial charge in [0.15, 0.2) is 18.2 Å². The second kappa shape index (κ2) is 9.29. The van der Waals surface area contributed by atoms with E-state index >= 15 is 0 Å². The maximum Gasteiger partial charge on any atom is 0.306 e. The van der Waals surface area contributed by atoms with Gasteiger partial charge in [0.2, 0.25) is 0 Å². The van der Waals surface area contributed by atoms with E-state index in [1.165, 1.54) is 7.11 Å². The van der Waals surface area contributed by atoms with Gasteiger partial charge in [-0.05, 0) is 41.1 Å². The first-order valence-corrected chi connectivity index (χ1v) is 8.82. The van der Waals surface area contributed by atoms with Gasteiger partial charge in [-0.3, -0.25) is 14.4 Å². The Kier molecular flexibility index (Phi) is 7.09. The van der Waals surface area contributed by atoms with Crippen LogP contribution in [0.5, 0.6) is 5.75 Å². The Morgan fingerprint density at radius 2 is 1.58 bits per heavy atom. The summed E-state index contributed by atoms with van der Waals surface area (Å²) in [6, 6.07) is 12.0. The van der Waals surface area contributed by atoms with Gasteiger partial charge in [-0.2, -0.15) is 0 Å². The average Bonchev–Trinajstić information content (AvgIpc) is 2.64. The number of Topliss-reactive ketones (excluding diaryl/α,β-unsaturated/α-hetero) is 2. The minimum Gasteiger partial charge on any atom is -0.496 e. The maximum atomic E-state index is 12.1. The fourth-order valence-electron chi connectivity index (χ4n) is 2.24. The molecule has 2 aromatic carbocycles. The summed E-state index contributed by atoms with van der Waals surface area (Å²) in [7, 11) is 1.53. The molecule has 136 valence electrons. The fourth-order valence-corrected chi connectivity index (χ4v) is 2.78. The lowest BCUT2D eigenvalue weighted by molar-refractivity contribution is -0.142. The Morgan fingerprint density at radius 1 is 0.923 bits per heavy atom. The van der Waals surface area contributed by atoms with Crippen LogP contribution in [0.4, 0.5) is 0 Å². The number of hydrogen-bond donors (Lipinski definition) is 0. The van der Waals surface area contributed by atoms with Crippen LogP contribution in [0.1, 0.15) is 39.1 Å². The van der Waals surface area contributed by atoms with Crippen molar-refractivity contribution in [1.82, 2.24) is 0 Å². The van der Waals surface area contributed by atoms with Gasteiger partial charge in [0.25, 0.3) is 0 Å². The van der Waals surface area contributed by atoms with Gasteiger partial charge >= 0.3 is 5.97 Å². The Labute approximate surface area is 160 Å². The molecule has 2 rings (SSSR count). The Hall–Kier alpha value is -2.47. The highest BCUT2D eigenvalue weighted by atomic mass is 79.9. The normalized spacial score (nSPS) is 10.3. The summed E-state index contributed by atoms with van der Waals surface area (Å²) in [4.78, 5) is 35.9. The number of rotatable bonds is 8. The summed E-state index contributed by atoms with van der Waals surface area (Å²) in [6.45, 7) is 1.57. The summed E-state index contributed by atoms with van der Waals surface area (Å²) >= 11 is 3.30. The van der Waals surface area contributed by atoms with Crippen LogP contribution in [0.2, 0.25) is 0 Å². The number of halogens is 1. The number of methoxy groups -OCH3 is 1. The molecule has 0 heterocycles. The Morgan fingerprint density at radius 3 is 2.19 bits per heavy atom. The zero-order valence-corrected chi connectivity index (χ0v) is 16.2. The van der Waals surface area contributed by atoms with Crippen LogP contribution in [-0.2, 0) is 9.53 Å². The molecule has 0 aliphatic rings. The Balaban J connectivity index is 1.81. The molecule has 0 spiro atoms. The number of ether oxygens (including phenoxy) is 2. The topological polar surface area (TPSA) is 69.7 Å². The average molecular weight is 419 g/mol. The quantitative estimate of drug-likeness (QED) is 0.475. The smallest absolute Gasteiger partial charge is 0.306 e. The number of hydrogen-bond acceptors (Lipinski definition) is 5. The molecule has 26 heavy (non-hydrogen) atoms. The van der Waals surface area contributed by atoms with Crippen LogP contribution in [-0.4, -0.2) is 31.3 Å². The minimum atomic E-state index is -0.577. The maximum absolute atomic E-state index is 12.1. The van der Waals surface area contributed by atoms with Gasteiger partial charge in [0.05, 0.1) is 18.0 Å². The minimum absolute atomic E-state index is 0.0458. The highest BCUT2D eigenvalue weighted by Gasteiger charge is 2.14. The fraction of sp³-hybridized carbons (Fsp3) is 0.250. The highest BCUT2D eigenvalue weighted by Crippen LogP contribution is 2.25. The third kappa shape index (κ3) is 5.52. The van der Waals surface area contributed by atoms with Gasteiger partial charge in [0.1, 0.15) is 5.75 Å². The molecule has 0 N–H and O–H groups in total. The van der Waals surface area contributed by atoms with Crippen LogP contribution in [0.25, 0.3) is 0 Å². The number of benzene rings is 2. The summed E-state index contributed by atoms with van der Waals surface area (Å²) in [5, 5.41) is 0. The van der Waals surface area contributed by atoms with Crippen LogP contribution in [0.3, 0.4) is 0 Å². The van der Waals surface area contributed by atoms with Gasteiger partial charge in [-0.15, -0.1) is 0 Å². The molecular weight excluding hydrogens is 400 g/mol. The number of esters is 1. The molecule has 0 atom stereocenters. The van der Waals surface area contributed by atoms with E-state index in [9.17, 15) is 14.4 Å². The monoisotopic (exact) mass is 418 g/mol. The van der Waals surface area contributed by atoms with Gasteiger partial charge in [0, 0.05) is 17.5 Å². The molecule has 0 bridgehead atoms. The number of ketones is 2. The molecule has 0 aliphatic heterocycles. The summed E-state index contributed by atoms with van der Waals surface area (Å²) < 4.78 is 10.7. The second-order valence-electron chi connectivity index (χ2n) is 5.72. The van der Waals surface area contributed by atoms with E-state index in [2.05, 4.69) is 15.9 Å². The van der Waals surface area contributed by atoms with Gasteiger partial charge in [-0.25, -0.2) is 0 Å². The molecule has 0 aromatic heterocycles. The first-order valence-electron chi connectivity index (χ1n) is 8.03. The lowest BCUT2D eigenvalue weighted by Crippen LogP contribution is -2.15. The van der Waals surface area contributed by atoms with Crippen molar-refractivity contribution < 1.29 is 23.9 Å². The summed E-state index contributed by atoms with van der Waals surface area (Å²) in [6.07, 6.45) is -0.0174. The number of carbonyl (C=O) groups excluding carboxylic acids is 3. The third-order valence-electron chi connectivity index (χ3n) is 3.77. The van der Waals surface area contributed by atoms with Crippen LogP contribution < -0.4 is 4.74 Å². The van der Waals surface area contributed by atoms with Crippen molar-refractivity contribution in [3.63, 3.8) is 0 Å². The SMILES string of the molecule is COc1ccc(C(=O)COC(=O)CCC(=O)c2ccc(C)cc2)cc1Br. The largest absolute Gasteiger partial charge is 0.496 e. The van der Waals surface area contributed by atoms with E-state index < -0.39 is 5.97 Å². The van der Waals surface area contributed by atoms with E-state index in [0.29, 0.717) is 21.3 Å². The standard InChI is InChI=1S/C20H19BrO5/c1-13-3-5-14(6-4-13)17(22)8-10-20(24)26-12-18(23)15-7-9-19(25-2)16(21)11-15/h3-7,9,11H,8,10,12H2,1-2H3. The molecule has 0 saturated heterocycles. The predicted molar refractivity (Wildman–Crippen MR) is 101 cm³/mol. The lowest BCUT2D eigenvalue weighted by atomic mass is 10.1. The summed E-state index contributed by atoms with van der Waals surface area (Å²) in [5.41, 5.74) is 2.02. The van der Waals surface area contributed by atoms with Gasteiger partial charge < -0.3 is 9.47 Å². The van der Waals surface area contributed by atoms with Crippen molar-refractivity contribution >= 4 is 33.5 Å². The summed E-state index contributed by atoms with van der Waals surface area (Å²) in [5.74, 6) is -0.432. The molecule has 2 aromatic rings. The predicted octanol–water partition coefficient (Wildman–Crippen LogP) is 4.16. The first kappa shape index (κ1) is 19.8. The van der Waals surface area contributed by atoms with E-state index in [4.69, 9.17) is 9.47 Å². The van der Waals surface area contributed by atoms with Crippen LogP contribution in [0.15, 0.2) is 46.9 Å². The molecule has 5 nitrogen and oxygen atoms in total. The van der Waals surface area contributed by atoms with E-state index in [-0.39, 0.29) is 31.0 Å². The van der Waals surface area contributed by atoms with Crippen LogP contribution >= 0.6 is 15.9 Å². The number of carbonyl (C=O) groups is 3. The second-order valence-corrected chi connectivity index (χ2v) is 6.58. The molecule has 0 aliphatic carbocycles. The molecule has 6 heteroatoms. The van der Waals surface area contributed by atoms with Crippen molar-refractivity contribution in [3.05, 3.63) is 63.6 Å². The molecule has 0 saturated carbocycles. The van der Waals surface area contributed by atoms with Crippen molar-refractivity contribution in [3.8, 4) is 5.75 Å². The molecular formula is C20H19BrO5. The molecule has 0 unspecified atom stereocenters. The zero-order valence-electron chi connectivity index (χ0n) is 14.6. The van der Waals surface area contributed by atoms with E-state index in [0.717, 1.165) is 5.56 Å². The van der Waals surface area contributed by atoms with Crippen molar-refractivity contribution in [2.45, 2.75) is 19.8 Å². The number of aryl methyl sites for hydroxylation is 1. The third-order valence-corrected chi connectivity index (χ3v) is 4.39. The Bertz CT molecular complexity index is 811. The van der Waals surface area contributed by atoms with Crippen molar-refractivity contribution in [2.75, 3.05) is 13.7 Å². The van der Waals surface area contributed by atoms with Crippen molar-refractivity contribution in [1.29, 1.82) is 0 Å². The molecule has 0 fully saturated rings. The first-order chi connectivity index (χ1) is 12.4. The van der Waals surface area contributed by atoms with Gasteiger partial charge in [-0.1, -0.05) is 29.8 Å².